The van der Waals surface area contributed by atoms with Crippen LogP contribution in [0.3, 0.4) is 0 Å². The van der Waals surface area contributed by atoms with E-state index >= 15 is 0 Å². The fourth-order valence-corrected chi connectivity index (χ4v) is 3.56. The molecule has 2 heterocycles. The Morgan fingerprint density at radius 3 is 2.64 bits per heavy atom. The third-order valence-corrected chi connectivity index (χ3v) is 4.87. The Bertz CT molecular complexity index is 611. The Hall–Kier alpha value is -1.77. The van der Waals surface area contributed by atoms with Crippen LogP contribution in [0.2, 0.25) is 0 Å². The van der Waals surface area contributed by atoms with E-state index in [1.54, 1.807) is 0 Å². The van der Waals surface area contributed by atoms with Crippen LogP contribution in [-0.4, -0.2) is 22.2 Å². The molecule has 0 bridgehead atoms. The maximum Gasteiger partial charge on any atom is 0.0657 e. The van der Waals surface area contributed by atoms with Crippen molar-refractivity contribution in [3.63, 3.8) is 0 Å². The summed E-state index contributed by atoms with van der Waals surface area (Å²) < 4.78 is 0. The molecule has 0 spiro atoms. The molecule has 2 aromatic rings. The van der Waals surface area contributed by atoms with Gasteiger partial charge in [0, 0.05) is 12.4 Å². The number of aromatic nitrogens is 2. The Morgan fingerprint density at radius 2 is 2.00 bits per heavy atom. The molecule has 1 saturated carbocycles. The fraction of sp³-hybridized carbons (Fsp3) is 0.526. The molecule has 2 N–H and O–H groups in total. The van der Waals surface area contributed by atoms with Crippen molar-refractivity contribution < 1.29 is 0 Å². The van der Waals surface area contributed by atoms with E-state index in [4.69, 9.17) is 4.99 Å². The lowest BCUT2D eigenvalue weighted by atomic mass is 10.1. The molecule has 1 fully saturated rings. The largest absolute Gasteiger partial charge is 0.360 e. The van der Waals surface area contributed by atoms with Gasteiger partial charge in [0.05, 0.1) is 23.1 Å². The van der Waals surface area contributed by atoms with Gasteiger partial charge in [-0.15, -0.1) is 0 Å². The van der Waals surface area contributed by atoms with Gasteiger partial charge in [0.1, 0.15) is 0 Å². The molecule has 3 nitrogen and oxygen atoms in total. The van der Waals surface area contributed by atoms with Crippen LogP contribution in [0.1, 0.15) is 62.3 Å². The number of H-pyrrole nitrogens is 2. The van der Waals surface area contributed by atoms with Crippen molar-refractivity contribution in [2.75, 3.05) is 0 Å². The van der Waals surface area contributed by atoms with E-state index < -0.39 is 0 Å². The molecular weight excluding hydrogens is 270 g/mol. The van der Waals surface area contributed by atoms with Gasteiger partial charge in [-0.25, -0.2) is 0 Å². The van der Waals surface area contributed by atoms with Crippen LogP contribution >= 0.6 is 0 Å². The quantitative estimate of drug-likeness (QED) is 0.588. The number of aliphatic imine (C=N–C) groups is 1. The summed E-state index contributed by atoms with van der Waals surface area (Å²) in [6, 6.07) is 4.68. The van der Waals surface area contributed by atoms with Crippen LogP contribution in [-0.2, 0) is 6.42 Å². The van der Waals surface area contributed by atoms with E-state index in [9.17, 15) is 0 Å². The molecular formula is C19H27N3. The third kappa shape index (κ3) is 3.18. The molecule has 0 amide bonds. The predicted octanol–water partition coefficient (Wildman–Crippen LogP) is 5.02. The third-order valence-electron chi connectivity index (χ3n) is 4.87. The van der Waals surface area contributed by atoms with Gasteiger partial charge in [-0.2, -0.15) is 0 Å². The van der Waals surface area contributed by atoms with E-state index in [1.807, 2.05) is 12.3 Å². The minimum atomic E-state index is 0.518. The number of nitrogens with one attached hydrogen (secondary N) is 2. The summed E-state index contributed by atoms with van der Waals surface area (Å²) in [4.78, 5) is 11.8. The molecule has 3 rings (SSSR count). The van der Waals surface area contributed by atoms with Crippen LogP contribution in [0, 0.1) is 6.92 Å². The van der Waals surface area contributed by atoms with Gasteiger partial charge < -0.3 is 9.97 Å². The van der Waals surface area contributed by atoms with Crippen molar-refractivity contribution in [3.8, 4) is 11.4 Å². The van der Waals surface area contributed by atoms with Crippen LogP contribution < -0.4 is 0 Å². The summed E-state index contributed by atoms with van der Waals surface area (Å²) in [5, 5.41) is 0. The van der Waals surface area contributed by atoms with E-state index in [-0.39, 0.29) is 0 Å². The van der Waals surface area contributed by atoms with Crippen molar-refractivity contribution in [2.24, 2.45) is 4.99 Å². The maximum atomic E-state index is 4.89. The standard InChI is InChI=1S/C19H27N3/c1-3-16-14(2)19(17-11-8-12-20-17)22-18(16)13-21-15-9-6-4-5-7-10-15/h8,11-13,15,20,22H,3-7,9-10H2,1-2H3. The SMILES string of the molecule is CCc1c(C=NC2CCCCCC2)[nH]c(-c2ccc[nH]2)c1C. The van der Waals surface area contributed by atoms with Gasteiger partial charge in [0.25, 0.3) is 0 Å². The highest BCUT2D eigenvalue weighted by Gasteiger charge is 2.14. The highest BCUT2D eigenvalue weighted by atomic mass is 14.8. The predicted molar refractivity (Wildman–Crippen MR) is 93.8 cm³/mol. The number of aromatic amines is 2. The van der Waals surface area contributed by atoms with Gasteiger partial charge in [-0.05, 0) is 49.4 Å². The molecule has 2 aromatic heterocycles. The smallest absolute Gasteiger partial charge is 0.0657 e. The van der Waals surface area contributed by atoms with Crippen LogP contribution in [0.5, 0.6) is 0 Å². The number of hydrogen-bond donors (Lipinski definition) is 2. The molecule has 0 unspecified atom stereocenters. The number of rotatable bonds is 4. The molecule has 0 radical (unpaired) electrons. The highest BCUT2D eigenvalue weighted by molar-refractivity contribution is 5.83. The average molecular weight is 297 g/mol. The molecule has 1 aliphatic rings. The van der Waals surface area contributed by atoms with Gasteiger partial charge >= 0.3 is 0 Å². The van der Waals surface area contributed by atoms with Crippen molar-refractivity contribution >= 4 is 6.21 Å². The summed E-state index contributed by atoms with van der Waals surface area (Å²) >= 11 is 0. The molecule has 0 aliphatic heterocycles. The van der Waals surface area contributed by atoms with E-state index in [1.165, 1.54) is 61.0 Å². The second-order valence-corrected chi connectivity index (χ2v) is 6.38. The zero-order chi connectivity index (χ0) is 15.4. The lowest BCUT2D eigenvalue weighted by molar-refractivity contribution is 0.588. The Balaban J connectivity index is 1.85. The monoisotopic (exact) mass is 297 g/mol. The zero-order valence-electron chi connectivity index (χ0n) is 13.8. The van der Waals surface area contributed by atoms with Gasteiger partial charge in [0.2, 0.25) is 0 Å². The minimum Gasteiger partial charge on any atom is -0.360 e. The molecule has 22 heavy (non-hydrogen) atoms. The number of hydrogen-bond acceptors (Lipinski definition) is 1. The first kappa shape index (κ1) is 15.1. The number of nitrogens with zero attached hydrogens (tertiary/aromatic N) is 1. The lowest BCUT2D eigenvalue weighted by Gasteiger charge is -2.07. The molecule has 0 saturated heterocycles. The fourth-order valence-electron chi connectivity index (χ4n) is 3.56. The molecule has 3 heteroatoms. The van der Waals surface area contributed by atoms with E-state index in [0.717, 1.165) is 12.1 Å². The molecule has 0 atom stereocenters. The highest BCUT2D eigenvalue weighted by Crippen LogP contribution is 2.27. The van der Waals surface area contributed by atoms with E-state index in [2.05, 4.69) is 36.1 Å². The second kappa shape index (κ2) is 6.99. The van der Waals surface area contributed by atoms with Crippen LogP contribution in [0.25, 0.3) is 11.4 Å². The first-order chi connectivity index (χ1) is 10.8. The van der Waals surface area contributed by atoms with Crippen molar-refractivity contribution in [2.45, 2.75) is 64.8 Å². The van der Waals surface area contributed by atoms with Gasteiger partial charge in [-0.1, -0.05) is 32.6 Å². The minimum absolute atomic E-state index is 0.518. The molecule has 118 valence electrons. The Morgan fingerprint density at radius 1 is 1.23 bits per heavy atom. The van der Waals surface area contributed by atoms with Crippen LogP contribution in [0.15, 0.2) is 23.3 Å². The summed E-state index contributed by atoms with van der Waals surface area (Å²) in [5.41, 5.74) is 6.27. The summed E-state index contributed by atoms with van der Waals surface area (Å²) in [6.07, 6.45) is 13.0. The van der Waals surface area contributed by atoms with E-state index in [0.29, 0.717) is 6.04 Å². The van der Waals surface area contributed by atoms with Crippen molar-refractivity contribution in [1.29, 1.82) is 0 Å². The maximum absolute atomic E-state index is 4.89. The normalized spacial score (nSPS) is 17.2. The zero-order valence-corrected chi connectivity index (χ0v) is 13.8. The van der Waals surface area contributed by atoms with Crippen molar-refractivity contribution in [3.05, 3.63) is 35.2 Å². The first-order valence-electron chi connectivity index (χ1n) is 8.68. The average Bonchev–Trinajstić information content (AvgIpc) is 3.06. The first-order valence-corrected chi connectivity index (χ1v) is 8.68. The lowest BCUT2D eigenvalue weighted by Crippen LogP contribution is -2.03. The topological polar surface area (TPSA) is 43.9 Å². The summed E-state index contributed by atoms with van der Waals surface area (Å²) in [5.74, 6) is 0. The Kier molecular flexibility index (Phi) is 4.81. The van der Waals surface area contributed by atoms with Crippen molar-refractivity contribution in [1.82, 2.24) is 9.97 Å². The van der Waals surface area contributed by atoms with Crippen LogP contribution in [0.4, 0.5) is 0 Å². The summed E-state index contributed by atoms with van der Waals surface area (Å²) in [7, 11) is 0. The van der Waals surface area contributed by atoms with Gasteiger partial charge in [-0.3, -0.25) is 4.99 Å². The molecule has 1 aliphatic carbocycles. The second-order valence-electron chi connectivity index (χ2n) is 6.38. The summed E-state index contributed by atoms with van der Waals surface area (Å²) in [6.45, 7) is 4.42. The Labute approximate surface area is 133 Å². The van der Waals surface area contributed by atoms with Gasteiger partial charge in [0.15, 0.2) is 0 Å². The molecule has 0 aromatic carbocycles.